The van der Waals surface area contributed by atoms with Crippen molar-refractivity contribution < 1.29 is 13.2 Å². The summed E-state index contributed by atoms with van der Waals surface area (Å²) in [4.78, 5) is 13.2. The quantitative estimate of drug-likeness (QED) is 0.500. The van der Waals surface area contributed by atoms with Crippen molar-refractivity contribution in [1.82, 2.24) is 4.31 Å². The zero-order valence-electron chi connectivity index (χ0n) is 17.0. The lowest BCUT2D eigenvalue weighted by Gasteiger charge is -2.29. The molecule has 0 aliphatic carbocycles. The Morgan fingerprint density at radius 1 is 0.867 bits per heavy atom. The van der Waals surface area contributed by atoms with Crippen LogP contribution in [0.15, 0.2) is 88.2 Å². The van der Waals surface area contributed by atoms with E-state index in [0.29, 0.717) is 5.69 Å². The van der Waals surface area contributed by atoms with E-state index in [2.05, 4.69) is 15.9 Å². The number of nitrogens with zero attached hydrogens (tertiary/aromatic N) is 2. The minimum Gasteiger partial charge on any atom is -0.316 e. The van der Waals surface area contributed by atoms with Crippen molar-refractivity contribution in [3.05, 3.63) is 94.5 Å². The smallest absolute Gasteiger partial charge is 0.243 e. The second kappa shape index (κ2) is 9.12. The van der Waals surface area contributed by atoms with Crippen LogP contribution in [0.4, 0.5) is 5.69 Å². The van der Waals surface area contributed by atoms with E-state index in [0.717, 1.165) is 15.6 Å². The van der Waals surface area contributed by atoms with Crippen LogP contribution in [0.25, 0.3) is 0 Å². The van der Waals surface area contributed by atoms with Crippen LogP contribution in [0.3, 0.4) is 0 Å². The Morgan fingerprint density at radius 3 is 2.00 bits per heavy atom. The molecular formula is C23H23BrN2O3S. The number of carbonyl (C=O) groups is 1. The highest BCUT2D eigenvalue weighted by Gasteiger charge is 2.31. The molecule has 156 valence electrons. The third-order valence-corrected chi connectivity index (χ3v) is 7.61. The summed E-state index contributed by atoms with van der Waals surface area (Å²) in [6.45, 7) is 1.46. The van der Waals surface area contributed by atoms with Gasteiger partial charge in [0.15, 0.2) is 0 Å². The molecule has 0 saturated carbocycles. The van der Waals surface area contributed by atoms with Gasteiger partial charge in [-0.3, -0.25) is 4.79 Å². The minimum atomic E-state index is -3.80. The fourth-order valence-electron chi connectivity index (χ4n) is 3.25. The molecule has 0 N–H and O–H groups in total. The molecule has 1 unspecified atom stereocenters. The molecule has 3 aromatic rings. The summed E-state index contributed by atoms with van der Waals surface area (Å²) in [7, 11) is -0.570. The van der Waals surface area contributed by atoms with Crippen LogP contribution in [0.2, 0.25) is 0 Å². The van der Waals surface area contributed by atoms with E-state index in [9.17, 15) is 13.2 Å². The topological polar surface area (TPSA) is 57.7 Å². The predicted molar refractivity (Wildman–Crippen MR) is 123 cm³/mol. The standard InChI is InChI=1S/C23H23BrN2O3S/c1-17(27)25(2)19-13-15-20(16-14-19)30(28,29)26(3)23(18-9-5-4-6-10-18)21-11-7-8-12-22(21)24/h4-16,23H,1-3H3. The van der Waals surface area contributed by atoms with Gasteiger partial charge >= 0.3 is 0 Å². The maximum atomic E-state index is 13.5. The Hall–Kier alpha value is -2.48. The van der Waals surface area contributed by atoms with Crippen molar-refractivity contribution in [2.24, 2.45) is 0 Å². The lowest BCUT2D eigenvalue weighted by Crippen LogP contribution is -2.32. The molecule has 0 aliphatic heterocycles. The Morgan fingerprint density at radius 2 is 1.43 bits per heavy atom. The molecule has 30 heavy (non-hydrogen) atoms. The van der Waals surface area contributed by atoms with Gasteiger partial charge in [0.2, 0.25) is 15.9 Å². The van der Waals surface area contributed by atoms with E-state index < -0.39 is 16.1 Å². The second-order valence-corrected chi connectivity index (χ2v) is 9.78. The van der Waals surface area contributed by atoms with Crippen molar-refractivity contribution in [3.8, 4) is 0 Å². The Balaban J connectivity index is 2.05. The van der Waals surface area contributed by atoms with E-state index in [1.165, 1.54) is 28.3 Å². The summed E-state index contributed by atoms with van der Waals surface area (Å²) >= 11 is 3.57. The van der Waals surface area contributed by atoms with Gasteiger partial charge in [-0.15, -0.1) is 0 Å². The number of hydrogen-bond acceptors (Lipinski definition) is 3. The predicted octanol–water partition coefficient (Wildman–Crippen LogP) is 4.84. The largest absolute Gasteiger partial charge is 0.316 e. The number of benzene rings is 3. The second-order valence-electron chi connectivity index (χ2n) is 6.93. The normalized spacial score (nSPS) is 12.6. The number of carbonyl (C=O) groups excluding carboxylic acids is 1. The first-order valence-electron chi connectivity index (χ1n) is 9.35. The minimum absolute atomic E-state index is 0.124. The van der Waals surface area contributed by atoms with Gasteiger partial charge < -0.3 is 4.90 Å². The highest BCUT2D eigenvalue weighted by Crippen LogP contribution is 2.36. The molecular weight excluding hydrogens is 464 g/mol. The Bertz CT molecular complexity index is 1130. The number of sulfonamides is 1. The van der Waals surface area contributed by atoms with E-state index in [1.807, 2.05) is 54.6 Å². The van der Waals surface area contributed by atoms with Crippen molar-refractivity contribution in [1.29, 1.82) is 0 Å². The summed E-state index contributed by atoms with van der Waals surface area (Å²) in [5.74, 6) is -0.124. The first-order chi connectivity index (χ1) is 14.2. The van der Waals surface area contributed by atoms with Gasteiger partial charge in [0, 0.05) is 31.2 Å². The number of hydrogen-bond donors (Lipinski definition) is 0. The van der Waals surface area contributed by atoms with Crippen LogP contribution in [-0.2, 0) is 14.8 Å². The van der Waals surface area contributed by atoms with Gasteiger partial charge in [-0.25, -0.2) is 8.42 Å². The lowest BCUT2D eigenvalue weighted by atomic mass is 9.99. The molecule has 0 bridgehead atoms. The van der Waals surface area contributed by atoms with Crippen LogP contribution in [0.5, 0.6) is 0 Å². The van der Waals surface area contributed by atoms with E-state index in [-0.39, 0.29) is 10.8 Å². The SMILES string of the molecule is CC(=O)N(C)c1ccc(S(=O)(=O)N(C)C(c2ccccc2)c2ccccc2Br)cc1. The van der Waals surface area contributed by atoms with Gasteiger partial charge in [0.25, 0.3) is 0 Å². The molecule has 1 amide bonds. The number of amides is 1. The molecule has 3 rings (SSSR count). The monoisotopic (exact) mass is 486 g/mol. The van der Waals surface area contributed by atoms with Gasteiger partial charge in [-0.05, 0) is 41.5 Å². The molecule has 0 spiro atoms. The van der Waals surface area contributed by atoms with E-state index in [1.54, 1.807) is 26.2 Å². The van der Waals surface area contributed by atoms with Gasteiger partial charge in [0.1, 0.15) is 0 Å². The van der Waals surface area contributed by atoms with Crippen LogP contribution in [0, 0.1) is 0 Å². The average Bonchev–Trinajstić information content (AvgIpc) is 2.75. The lowest BCUT2D eigenvalue weighted by molar-refractivity contribution is -0.116. The summed E-state index contributed by atoms with van der Waals surface area (Å²) in [6.07, 6.45) is 0. The van der Waals surface area contributed by atoms with Gasteiger partial charge in [-0.1, -0.05) is 64.5 Å². The maximum Gasteiger partial charge on any atom is 0.243 e. The molecule has 0 aliphatic rings. The van der Waals surface area contributed by atoms with Crippen LogP contribution in [0.1, 0.15) is 24.1 Å². The van der Waals surface area contributed by atoms with Crippen molar-refractivity contribution in [2.75, 3.05) is 19.0 Å². The molecule has 0 saturated heterocycles. The van der Waals surface area contributed by atoms with Crippen molar-refractivity contribution >= 4 is 37.5 Å². The maximum absolute atomic E-state index is 13.5. The van der Waals surface area contributed by atoms with Crippen LogP contribution >= 0.6 is 15.9 Å². The molecule has 0 heterocycles. The fourth-order valence-corrected chi connectivity index (χ4v) is 5.07. The van der Waals surface area contributed by atoms with E-state index >= 15 is 0 Å². The number of rotatable bonds is 6. The number of anilines is 1. The summed E-state index contributed by atoms with van der Waals surface area (Å²) < 4.78 is 29.2. The van der Waals surface area contributed by atoms with Gasteiger partial charge in [0.05, 0.1) is 10.9 Å². The van der Waals surface area contributed by atoms with E-state index in [4.69, 9.17) is 0 Å². The summed E-state index contributed by atoms with van der Waals surface area (Å²) in [6, 6.07) is 23.0. The van der Waals surface area contributed by atoms with Gasteiger partial charge in [-0.2, -0.15) is 4.31 Å². The molecule has 0 radical (unpaired) electrons. The summed E-state index contributed by atoms with van der Waals surface area (Å²) in [5.41, 5.74) is 2.35. The molecule has 0 aromatic heterocycles. The molecule has 1 atom stereocenters. The zero-order valence-corrected chi connectivity index (χ0v) is 19.4. The van der Waals surface area contributed by atoms with Crippen molar-refractivity contribution in [3.63, 3.8) is 0 Å². The fraction of sp³-hybridized carbons (Fsp3) is 0.174. The molecule has 3 aromatic carbocycles. The third kappa shape index (κ3) is 4.48. The zero-order chi connectivity index (χ0) is 21.9. The van der Waals surface area contributed by atoms with Crippen LogP contribution in [-0.4, -0.2) is 32.7 Å². The highest BCUT2D eigenvalue weighted by atomic mass is 79.9. The third-order valence-electron chi connectivity index (χ3n) is 5.05. The average molecular weight is 487 g/mol. The van der Waals surface area contributed by atoms with Crippen molar-refractivity contribution in [2.45, 2.75) is 17.9 Å². The van der Waals surface area contributed by atoms with Crippen LogP contribution < -0.4 is 4.90 Å². The number of halogens is 1. The molecule has 5 nitrogen and oxygen atoms in total. The molecule has 0 fully saturated rings. The highest BCUT2D eigenvalue weighted by molar-refractivity contribution is 9.10. The summed E-state index contributed by atoms with van der Waals surface area (Å²) in [5, 5.41) is 0. The molecule has 7 heteroatoms. The first kappa shape index (κ1) is 22.2. The Labute approximate surface area is 186 Å². The Kier molecular flexibility index (Phi) is 6.75. The first-order valence-corrected chi connectivity index (χ1v) is 11.6.